The summed E-state index contributed by atoms with van der Waals surface area (Å²) < 4.78 is 18.6. The second-order valence-corrected chi connectivity index (χ2v) is 12.0. The Labute approximate surface area is 194 Å². The van der Waals surface area contributed by atoms with Crippen molar-refractivity contribution in [3.05, 3.63) is 0 Å². The van der Waals surface area contributed by atoms with Crippen molar-refractivity contribution in [3.63, 3.8) is 0 Å². The molecule has 7 aliphatic rings. The third-order valence-corrected chi connectivity index (χ3v) is 9.56. The Bertz CT molecular complexity index is 646. The zero-order valence-corrected chi connectivity index (χ0v) is 20.5. The molecule has 6 saturated heterocycles. The highest BCUT2D eigenvalue weighted by Crippen LogP contribution is 2.37. The van der Waals surface area contributed by atoms with Crippen molar-refractivity contribution in [2.24, 2.45) is 0 Å². The number of rotatable bonds is 8. The van der Waals surface area contributed by atoms with Gasteiger partial charge in [-0.05, 0) is 65.7 Å². The van der Waals surface area contributed by atoms with E-state index < -0.39 is 0 Å². The van der Waals surface area contributed by atoms with E-state index in [0.29, 0.717) is 60.7 Å². The lowest BCUT2D eigenvalue weighted by Gasteiger charge is -2.49. The molecular formula is C26H45N3O3. The van der Waals surface area contributed by atoms with Crippen molar-refractivity contribution in [2.75, 3.05) is 32.8 Å². The molecule has 0 amide bonds. The number of fused-ring (bicyclic) bond motifs is 5. The second-order valence-electron chi connectivity index (χ2n) is 12.0. The zero-order valence-electron chi connectivity index (χ0n) is 20.5. The van der Waals surface area contributed by atoms with Crippen LogP contribution >= 0.6 is 0 Å². The summed E-state index contributed by atoms with van der Waals surface area (Å²) >= 11 is 0. The largest absolute Gasteiger partial charge is 0.375 e. The Morgan fingerprint density at radius 2 is 1.66 bits per heavy atom. The van der Waals surface area contributed by atoms with Gasteiger partial charge >= 0.3 is 0 Å². The van der Waals surface area contributed by atoms with Crippen molar-refractivity contribution < 1.29 is 14.2 Å². The summed E-state index contributed by atoms with van der Waals surface area (Å²) in [4.78, 5) is 8.28. The number of morpholine rings is 3. The van der Waals surface area contributed by atoms with E-state index in [1.165, 1.54) is 51.4 Å². The van der Waals surface area contributed by atoms with Crippen LogP contribution in [0.3, 0.4) is 0 Å². The second kappa shape index (κ2) is 9.09. The summed E-state index contributed by atoms with van der Waals surface area (Å²) in [6.07, 6.45) is 12.6. The predicted molar refractivity (Wildman–Crippen MR) is 125 cm³/mol. The zero-order chi connectivity index (χ0) is 21.8. The molecule has 6 heterocycles. The molecule has 0 aromatic rings. The molecule has 0 aromatic heterocycles. The highest BCUT2D eigenvalue weighted by molar-refractivity contribution is 4.99. The molecule has 4 bridgehead atoms. The van der Waals surface area contributed by atoms with E-state index in [9.17, 15) is 0 Å². The minimum atomic E-state index is 0.383. The van der Waals surface area contributed by atoms with Crippen LogP contribution in [0.25, 0.3) is 0 Å². The molecule has 182 valence electrons. The lowest BCUT2D eigenvalue weighted by Crippen LogP contribution is -2.59. The maximum absolute atomic E-state index is 6.78. The molecule has 1 saturated carbocycles. The first-order chi connectivity index (χ1) is 15.5. The molecular weight excluding hydrogens is 402 g/mol. The molecule has 7 fully saturated rings. The van der Waals surface area contributed by atoms with Crippen LogP contribution in [-0.2, 0) is 14.2 Å². The molecule has 6 nitrogen and oxygen atoms in total. The maximum Gasteiger partial charge on any atom is 0.0734 e. The van der Waals surface area contributed by atoms with Crippen molar-refractivity contribution in [3.8, 4) is 0 Å². The average Bonchev–Trinajstić information content (AvgIpc) is 3.52. The third-order valence-electron chi connectivity index (χ3n) is 9.56. The Morgan fingerprint density at radius 3 is 2.34 bits per heavy atom. The minimum Gasteiger partial charge on any atom is -0.375 e. The first-order valence-electron chi connectivity index (χ1n) is 13.7. The fraction of sp³-hybridized carbons (Fsp3) is 1.00. The van der Waals surface area contributed by atoms with E-state index in [1.807, 2.05) is 0 Å². The average molecular weight is 448 g/mol. The van der Waals surface area contributed by atoms with Gasteiger partial charge in [0.1, 0.15) is 0 Å². The van der Waals surface area contributed by atoms with E-state index in [2.05, 4.69) is 35.5 Å². The number of ether oxygens (including phenoxy) is 3. The summed E-state index contributed by atoms with van der Waals surface area (Å²) in [6, 6.07) is 3.20. The lowest BCUT2D eigenvalue weighted by atomic mass is 9.93. The summed E-state index contributed by atoms with van der Waals surface area (Å²) in [5.74, 6) is 0. The van der Waals surface area contributed by atoms with Gasteiger partial charge in [0.15, 0.2) is 0 Å². The van der Waals surface area contributed by atoms with Crippen molar-refractivity contribution in [1.82, 2.24) is 14.7 Å². The fourth-order valence-corrected chi connectivity index (χ4v) is 7.79. The maximum atomic E-state index is 6.78. The molecule has 9 atom stereocenters. The number of piperidine rings is 1. The molecule has 0 radical (unpaired) electrons. The van der Waals surface area contributed by atoms with Gasteiger partial charge in [0.05, 0.1) is 37.1 Å². The lowest BCUT2D eigenvalue weighted by molar-refractivity contribution is -0.187. The first-order valence-corrected chi connectivity index (χ1v) is 13.7. The van der Waals surface area contributed by atoms with Crippen LogP contribution in [0, 0.1) is 0 Å². The van der Waals surface area contributed by atoms with Gasteiger partial charge in [-0.15, -0.1) is 0 Å². The molecule has 1 aliphatic carbocycles. The van der Waals surface area contributed by atoms with Gasteiger partial charge < -0.3 is 14.2 Å². The summed E-state index contributed by atoms with van der Waals surface area (Å²) in [7, 11) is 0. The molecule has 6 aliphatic heterocycles. The molecule has 0 N–H and O–H groups in total. The summed E-state index contributed by atoms with van der Waals surface area (Å²) in [5.41, 5.74) is 0. The van der Waals surface area contributed by atoms with Crippen LogP contribution in [0.2, 0.25) is 0 Å². The summed E-state index contributed by atoms with van der Waals surface area (Å²) in [6.45, 7) is 12.7. The van der Waals surface area contributed by atoms with Gasteiger partial charge in [0.25, 0.3) is 0 Å². The predicted octanol–water partition coefficient (Wildman–Crippen LogP) is 2.89. The molecule has 7 rings (SSSR count). The molecule has 0 spiro atoms. The number of likely N-dealkylation sites (tertiary alicyclic amines) is 1. The van der Waals surface area contributed by atoms with E-state index >= 15 is 0 Å². The monoisotopic (exact) mass is 447 g/mol. The Kier molecular flexibility index (Phi) is 6.31. The standard InChI is InChI=1S/C26H45N3O3/c1-17(2)28-15-22(32-26-6-4-5-25(26)28)9-19(29-14-21-10-20(29)16-30-21)8-7-18(3)27-12-23-11-24(13-27)31-23/h17-26H,4-16H2,1-3H3. The molecule has 0 aromatic carbocycles. The van der Waals surface area contributed by atoms with Gasteiger partial charge in [-0.2, -0.15) is 0 Å². The van der Waals surface area contributed by atoms with Crippen LogP contribution in [0.4, 0.5) is 0 Å². The van der Waals surface area contributed by atoms with Crippen molar-refractivity contribution in [1.29, 1.82) is 0 Å². The number of hydrogen-bond donors (Lipinski definition) is 0. The number of nitrogens with zero attached hydrogens (tertiary/aromatic N) is 3. The summed E-state index contributed by atoms with van der Waals surface area (Å²) in [5, 5.41) is 0. The van der Waals surface area contributed by atoms with Crippen molar-refractivity contribution >= 4 is 0 Å². The van der Waals surface area contributed by atoms with Gasteiger partial charge in [-0.1, -0.05) is 0 Å². The fourth-order valence-electron chi connectivity index (χ4n) is 7.79. The Hall–Kier alpha value is -0.240. The van der Waals surface area contributed by atoms with E-state index in [0.717, 1.165) is 32.8 Å². The van der Waals surface area contributed by atoms with Gasteiger partial charge in [-0.25, -0.2) is 0 Å². The van der Waals surface area contributed by atoms with E-state index in [1.54, 1.807) is 0 Å². The van der Waals surface area contributed by atoms with Gasteiger partial charge in [-0.3, -0.25) is 14.7 Å². The molecule has 9 unspecified atom stereocenters. The minimum absolute atomic E-state index is 0.383. The third kappa shape index (κ3) is 4.29. The van der Waals surface area contributed by atoms with Crippen LogP contribution < -0.4 is 0 Å². The highest BCUT2D eigenvalue weighted by Gasteiger charge is 2.46. The Morgan fingerprint density at radius 1 is 0.844 bits per heavy atom. The smallest absolute Gasteiger partial charge is 0.0734 e. The SMILES string of the molecule is CC(CCC(CC1CN(C(C)C)C2CCCC2O1)N1CC2CC1CO2)N1CC2CC(C1)O2. The van der Waals surface area contributed by atoms with Crippen LogP contribution in [-0.4, -0.2) is 108 Å². The first kappa shape index (κ1) is 22.2. The van der Waals surface area contributed by atoms with E-state index in [4.69, 9.17) is 14.2 Å². The Balaban J connectivity index is 1.11. The topological polar surface area (TPSA) is 37.4 Å². The van der Waals surface area contributed by atoms with Gasteiger partial charge in [0, 0.05) is 62.8 Å². The van der Waals surface area contributed by atoms with Crippen LogP contribution in [0.5, 0.6) is 0 Å². The van der Waals surface area contributed by atoms with Crippen LogP contribution in [0.15, 0.2) is 0 Å². The molecule has 6 heteroatoms. The van der Waals surface area contributed by atoms with E-state index in [-0.39, 0.29) is 0 Å². The number of hydrogen-bond acceptors (Lipinski definition) is 6. The van der Waals surface area contributed by atoms with Crippen molar-refractivity contribution in [2.45, 2.75) is 133 Å². The quantitative estimate of drug-likeness (QED) is 0.570. The molecule has 32 heavy (non-hydrogen) atoms. The van der Waals surface area contributed by atoms with Crippen LogP contribution in [0.1, 0.15) is 72.1 Å². The van der Waals surface area contributed by atoms with Gasteiger partial charge in [0.2, 0.25) is 0 Å². The normalized spacial score (nSPS) is 44.1. The highest BCUT2D eigenvalue weighted by atomic mass is 16.5.